The number of carbonyl (C=O) groups excluding carboxylic acids is 2. The van der Waals surface area contributed by atoms with Gasteiger partial charge < -0.3 is 9.47 Å². The molecule has 2 aromatic rings. The summed E-state index contributed by atoms with van der Waals surface area (Å²) in [5.74, 6) is -0.427. The third-order valence-corrected chi connectivity index (χ3v) is 4.04. The van der Waals surface area contributed by atoms with Crippen LogP contribution >= 0.6 is 0 Å². The fraction of sp³-hybridized carbons (Fsp3) is 0.263. The molecule has 0 aromatic heterocycles. The zero-order valence-electron chi connectivity index (χ0n) is 13.0. The van der Waals surface area contributed by atoms with Crippen molar-refractivity contribution in [3.63, 3.8) is 0 Å². The van der Waals surface area contributed by atoms with Crippen molar-refractivity contribution >= 4 is 11.9 Å². The Bertz CT molecular complexity index is 693. The number of hydrogen-bond donors (Lipinski definition) is 0. The van der Waals surface area contributed by atoms with Crippen LogP contribution in [0.25, 0.3) is 11.1 Å². The first kappa shape index (κ1) is 15.3. The summed E-state index contributed by atoms with van der Waals surface area (Å²) in [6, 6.07) is 15.7. The van der Waals surface area contributed by atoms with Crippen molar-refractivity contribution in [2.24, 2.45) is 0 Å². The van der Waals surface area contributed by atoms with Crippen LogP contribution in [0, 0.1) is 0 Å². The van der Waals surface area contributed by atoms with Crippen molar-refractivity contribution in [1.82, 2.24) is 0 Å². The molecule has 0 saturated carbocycles. The molecule has 1 aliphatic heterocycles. The predicted molar refractivity (Wildman–Crippen MR) is 86.0 cm³/mol. The van der Waals surface area contributed by atoms with Gasteiger partial charge in [-0.3, -0.25) is 4.79 Å². The number of rotatable bonds is 5. The maximum absolute atomic E-state index is 11.4. The second-order valence-corrected chi connectivity index (χ2v) is 5.62. The van der Waals surface area contributed by atoms with E-state index in [0.717, 1.165) is 24.0 Å². The van der Waals surface area contributed by atoms with Gasteiger partial charge in [0.1, 0.15) is 6.10 Å². The molecule has 0 amide bonds. The van der Waals surface area contributed by atoms with Crippen LogP contribution in [0.4, 0.5) is 0 Å². The van der Waals surface area contributed by atoms with Crippen LogP contribution in [-0.4, -0.2) is 25.2 Å². The molecule has 23 heavy (non-hydrogen) atoms. The fourth-order valence-electron chi connectivity index (χ4n) is 2.63. The largest absolute Gasteiger partial charge is 0.465 e. The summed E-state index contributed by atoms with van der Waals surface area (Å²) in [6.45, 7) is 0. The van der Waals surface area contributed by atoms with Gasteiger partial charge in [-0.25, -0.2) is 4.79 Å². The summed E-state index contributed by atoms with van der Waals surface area (Å²) in [5.41, 5.74) is 3.92. The monoisotopic (exact) mass is 310 g/mol. The number of aryl methyl sites for hydroxylation is 1. The summed E-state index contributed by atoms with van der Waals surface area (Å²) in [6.07, 6.45) is 2.41. The minimum Gasteiger partial charge on any atom is -0.465 e. The molecule has 1 atom stereocenters. The Morgan fingerprint density at radius 1 is 1.09 bits per heavy atom. The van der Waals surface area contributed by atoms with E-state index in [2.05, 4.69) is 24.3 Å². The predicted octanol–water partition coefficient (Wildman–Crippen LogP) is 3.39. The number of benzene rings is 2. The lowest BCUT2D eigenvalue weighted by molar-refractivity contribution is -0.169. The van der Waals surface area contributed by atoms with Gasteiger partial charge in [0.05, 0.1) is 19.1 Å². The molecule has 118 valence electrons. The average Bonchev–Trinajstić information content (AvgIpc) is 2.57. The number of ether oxygens (including phenoxy) is 2. The Kier molecular flexibility index (Phi) is 4.42. The van der Waals surface area contributed by atoms with E-state index in [1.54, 1.807) is 12.1 Å². The average molecular weight is 310 g/mol. The van der Waals surface area contributed by atoms with Crippen LogP contribution in [0.15, 0.2) is 48.5 Å². The number of carbonyl (C=O) groups is 2. The third kappa shape index (κ3) is 3.59. The van der Waals surface area contributed by atoms with Gasteiger partial charge in [-0.15, -0.1) is 0 Å². The third-order valence-electron chi connectivity index (χ3n) is 4.04. The van der Waals surface area contributed by atoms with Crippen molar-refractivity contribution in [3.8, 4) is 11.1 Å². The number of hydrogen-bond acceptors (Lipinski definition) is 4. The molecule has 0 N–H and O–H groups in total. The van der Waals surface area contributed by atoms with Gasteiger partial charge in [-0.1, -0.05) is 36.4 Å². The minimum atomic E-state index is -0.330. The summed E-state index contributed by atoms with van der Waals surface area (Å²) in [5, 5.41) is 0. The standard InChI is InChI=1S/C19H18O4/c1-22-19(21)16-9-7-15(8-10-16)14-5-2-13(3-6-14)4-11-17-12-18(20)23-17/h2-3,5-10,17H,4,11-12H2,1H3. The van der Waals surface area contributed by atoms with Crippen LogP contribution in [0.5, 0.6) is 0 Å². The van der Waals surface area contributed by atoms with E-state index < -0.39 is 0 Å². The highest BCUT2D eigenvalue weighted by Gasteiger charge is 2.27. The number of esters is 2. The topological polar surface area (TPSA) is 52.6 Å². The second kappa shape index (κ2) is 6.65. The SMILES string of the molecule is COC(=O)c1ccc(-c2ccc(CCC3CC(=O)O3)cc2)cc1. The van der Waals surface area contributed by atoms with E-state index in [0.29, 0.717) is 12.0 Å². The smallest absolute Gasteiger partial charge is 0.337 e. The Morgan fingerprint density at radius 3 is 2.17 bits per heavy atom. The molecule has 1 unspecified atom stereocenters. The van der Waals surface area contributed by atoms with E-state index in [-0.39, 0.29) is 18.0 Å². The lowest BCUT2D eigenvalue weighted by atomic mass is 9.99. The zero-order chi connectivity index (χ0) is 16.2. The van der Waals surface area contributed by atoms with Crippen molar-refractivity contribution in [1.29, 1.82) is 0 Å². The van der Waals surface area contributed by atoms with Gasteiger partial charge in [0, 0.05) is 0 Å². The van der Waals surface area contributed by atoms with Crippen molar-refractivity contribution in [3.05, 3.63) is 59.7 Å². The Balaban J connectivity index is 1.62. The first-order valence-corrected chi connectivity index (χ1v) is 7.63. The van der Waals surface area contributed by atoms with Gasteiger partial charge in [0.2, 0.25) is 0 Å². The highest BCUT2D eigenvalue weighted by atomic mass is 16.6. The first-order chi connectivity index (χ1) is 11.2. The van der Waals surface area contributed by atoms with Crippen LogP contribution in [0.2, 0.25) is 0 Å². The summed E-state index contributed by atoms with van der Waals surface area (Å²) < 4.78 is 9.71. The van der Waals surface area contributed by atoms with E-state index in [1.807, 2.05) is 12.1 Å². The van der Waals surface area contributed by atoms with Crippen molar-refractivity contribution in [2.45, 2.75) is 25.4 Å². The fourth-order valence-corrected chi connectivity index (χ4v) is 2.63. The maximum atomic E-state index is 11.4. The summed E-state index contributed by atoms with van der Waals surface area (Å²) in [4.78, 5) is 22.2. The van der Waals surface area contributed by atoms with Gasteiger partial charge in [0.15, 0.2) is 0 Å². The first-order valence-electron chi connectivity index (χ1n) is 7.63. The molecule has 4 heteroatoms. The zero-order valence-corrected chi connectivity index (χ0v) is 13.0. The highest BCUT2D eigenvalue weighted by molar-refractivity contribution is 5.89. The molecule has 1 heterocycles. The van der Waals surface area contributed by atoms with Gasteiger partial charge in [-0.2, -0.15) is 0 Å². The van der Waals surface area contributed by atoms with Crippen LogP contribution in [0.3, 0.4) is 0 Å². The Labute approximate surface area is 135 Å². The van der Waals surface area contributed by atoms with E-state index in [1.165, 1.54) is 12.7 Å². The minimum absolute atomic E-state index is 0.0908. The molecule has 1 aliphatic rings. The Morgan fingerprint density at radius 2 is 1.65 bits per heavy atom. The quantitative estimate of drug-likeness (QED) is 0.794. The van der Waals surface area contributed by atoms with Crippen LogP contribution < -0.4 is 0 Å². The van der Waals surface area contributed by atoms with Gasteiger partial charge in [0.25, 0.3) is 0 Å². The van der Waals surface area contributed by atoms with Gasteiger partial charge in [-0.05, 0) is 41.7 Å². The van der Waals surface area contributed by atoms with Crippen LogP contribution in [0.1, 0.15) is 28.8 Å². The van der Waals surface area contributed by atoms with Crippen molar-refractivity contribution < 1.29 is 19.1 Å². The second-order valence-electron chi connectivity index (χ2n) is 5.62. The summed E-state index contributed by atoms with van der Waals surface area (Å²) >= 11 is 0. The van der Waals surface area contributed by atoms with E-state index in [4.69, 9.17) is 9.47 Å². The van der Waals surface area contributed by atoms with E-state index in [9.17, 15) is 9.59 Å². The van der Waals surface area contributed by atoms with Gasteiger partial charge >= 0.3 is 11.9 Å². The van der Waals surface area contributed by atoms with Crippen molar-refractivity contribution in [2.75, 3.05) is 7.11 Å². The van der Waals surface area contributed by atoms with Crippen LogP contribution in [-0.2, 0) is 20.7 Å². The molecule has 0 spiro atoms. The molecule has 2 aromatic carbocycles. The molecule has 1 saturated heterocycles. The molecule has 4 nitrogen and oxygen atoms in total. The summed E-state index contributed by atoms with van der Waals surface area (Å²) in [7, 11) is 1.37. The molecule has 0 bridgehead atoms. The maximum Gasteiger partial charge on any atom is 0.337 e. The van der Waals surface area contributed by atoms with E-state index >= 15 is 0 Å². The molecular formula is C19H18O4. The highest BCUT2D eigenvalue weighted by Crippen LogP contribution is 2.23. The number of cyclic esters (lactones) is 1. The lowest BCUT2D eigenvalue weighted by Crippen LogP contribution is -2.32. The number of methoxy groups -OCH3 is 1. The molecule has 0 aliphatic carbocycles. The normalized spacial score (nSPS) is 16.4. The molecular weight excluding hydrogens is 292 g/mol. The molecule has 1 fully saturated rings. The lowest BCUT2D eigenvalue weighted by Gasteiger charge is -2.25. The molecule has 0 radical (unpaired) electrons. The Hall–Kier alpha value is -2.62. The molecule has 3 rings (SSSR count).